The number of carbonyl (C=O) groups is 2. The van der Waals surface area contributed by atoms with Gasteiger partial charge in [-0.05, 0) is 55.2 Å². The van der Waals surface area contributed by atoms with Crippen LogP contribution in [-0.4, -0.2) is 31.3 Å². The average molecular weight is 434 g/mol. The van der Waals surface area contributed by atoms with Gasteiger partial charge in [0.25, 0.3) is 5.91 Å². The van der Waals surface area contributed by atoms with Crippen molar-refractivity contribution < 1.29 is 23.5 Å². The maximum atomic E-state index is 13.8. The van der Waals surface area contributed by atoms with Gasteiger partial charge >= 0.3 is 6.03 Å². The SMILES string of the molecule is O=C(NCCc1cc(F)cc2c1OCOC2)Nc1ccc(Cl)c(C(=O)NC2CC2)c1. The summed E-state index contributed by atoms with van der Waals surface area (Å²) in [5.41, 5.74) is 2.08. The molecule has 4 rings (SSSR count). The van der Waals surface area contributed by atoms with Gasteiger partial charge in [0.2, 0.25) is 0 Å². The second-order valence-electron chi connectivity index (χ2n) is 7.24. The normalized spacial score (nSPS) is 15.0. The number of hydrogen-bond acceptors (Lipinski definition) is 4. The second kappa shape index (κ2) is 8.89. The quantitative estimate of drug-likeness (QED) is 0.649. The van der Waals surface area contributed by atoms with Crippen LogP contribution >= 0.6 is 11.6 Å². The third kappa shape index (κ3) is 5.01. The molecule has 2 aromatic rings. The Bertz CT molecular complexity index is 981. The van der Waals surface area contributed by atoms with Gasteiger partial charge in [0.15, 0.2) is 6.79 Å². The van der Waals surface area contributed by atoms with Gasteiger partial charge in [-0.1, -0.05) is 11.6 Å². The fourth-order valence-corrected chi connectivity index (χ4v) is 3.40. The Hall–Kier alpha value is -2.84. The Balaban J connectivity index is 1.33. The summed E-state index contributed by atoms with van der Waals surface area (Å²) in [7, 11) is 0. The maximum Gasteiger partial charge on any atom is 0.319 e. The van der Waals surface area contributed by atoms with Crippen LogP contribution in [-0.2, 0) is 17.8 Å². The van der Waals surface area contributed by atoms with E-state index in [1.165, 1.54) is 18.2 Å². The van der Waals surface area contributed by atoms with E-state index in [2.05, 4.69) is 16.0 Å². The predicted octanol–water partition coefficient (Wildman–Crippen LogP) is 3.60. The van der Waals surface area contributed by atoms with E-state index in [1.54, 1.807) is 12.1 Å². The first-order chi connectivity index (χ1) is 14.5. The lowest BCUT2D eigenvalue weighted by atomic mass is 10.1. The summed E-state index contributed by atoms with van der Waals surface area (Å²) >= 11 is 6.11. The Morgan fingerprint density at radius 2 is 2.03 bits per heavy atom. The molecule has 0 saturated heterocycles. The van der Waals surface area contributed by atoms with Crippen LogP contribution < -0.4 is 20.7 Å². The van der Waals surface area contributed by atoms with Gasteiger partial charge in [-0.15, -0.1) is 0 Å². The number of benzene rings is 2. The number of urea groups is 1. The predicted molar refractivity (Wildman–Crippen MR) is 109 cm³/mol. The van der Waals surface area contributed by atoms with Gasteiger partial charge in [-0.2, -0.15) is 0 Å². The molecule has 158 valence electrons. The molecule has 7 nitrogen and oxygen atoms in total. The topological polar surface area (TPSA) is 88.7 Å². The van der Waals surface area contributed by atoms with Crippen LogP contribution in [0.4, 0.5) is 14.9 Å². The maximum absolute atomic E-state index is 13.8. The standard InChI is InChI=1S/C21H21ClFN3O4/c22-18-4-3-16(9-17(18)20(27)25-15-1-2-15)26-21(28)24-6-5-12-7-14(23)8-13-10-29-11-30-19(12)13/h3-4,7-9,15H,1-2,5-6,10-11H2,(H,25,27)(H2,24,26,28). The van der Waals surface area contributed by atoms with Crippen molar-refractivity contribution in [3.63, 3.8) is 0 Å². The van der Waals surface area contributed by atoms with Crippen molar-refractivity contribution in [3.8, 4) is 5.75 Å². The summed E-state index contributed by atoms with van der Waals surface area (Å²) in [6.45, 7) is 0.683. The average Bonchev–Trinajstić information content (AvgIpc) is 3.53. The zero-order valence-corrected chi connectivity index (χ0v) is 16.9. The van der Waals surface area contributed by atoms with Crippen LogP contribution in [0.25, 0.3) is 0 Å². The zero-order valence-electron chi connectivity index (χ0n) is 16.1. The Labute approximate surface area is 177 Å². The number of carbonyl (C=O) groups excluding carboxylic acids is 2. The van der Waals surface area contributed by atoms with Crippen LogP contribution in [0.1, 0.15) is 34.3 Å². The number of rotatable bonds is 6. The van der Waals surface area contributed by atoms with Crippen LogP contribution in [0, 0.1) is 5.82 Å². The van der Waals surface area contributed by atoms with Gasteiger partial charge in [0, 0.05) is 23.8 Å². The van der Waals surface area contributed by atoms with E-state index in [4.69, 9.17) is 21.1 Å². The summed E-state index contributed by atoms with van der Waals surface area (Å²) in [6.07, 6.45) is 2.33. The van der Waals surface area contributed by atoms with Crippen molar-refractivity contribution in [2.24, 2.45) is 0 Å². The molecule has 2 aliphatic rings. The third-order valence-corrected chi connectivity index (χ3v) is 5.14. The summed E-state index contributed by atoms with van der Waals surface area (Å²) in [5.74, 6) is -0.0271. The number of fused-ring (bicyclic) bond motifs is 1. The van der Waals surface area contributed by atoms with Crippen molar-refractivity contribution >= 4 is 29.2 Å². The van der Waals surface area contributed by atoms with Gasteiger partial charge < -0.3 is 25.4 Å². The Kier molecular flexibility index (Phi) is 6.06. The third-order valence-electron chi connectivity index (χ3n) is 4.81. The summed E-state index contributed by atoms with van der Waals surface area (Å²) in [6, 6.07) is 7.27. The molecular formula is C21H21ClFN3O4. The lowest BCUT2D eigenvalue weighted by Crippen LogP contribution is -2.31. The fraction of sp³-hybridized carbons (Fsp3) is 0.333. The van der Waals surface area contributed by atoms with E-state index < -0.39 is 6.03 Å². The second-order valence-corrected chi connectivity index (χ2v) is 7.64. The van der Waals surface area contributed by atoms with E-state index in [1.807, 2.05) is 0 Å². The van der Waals surface area contributed by atoms with E-state index in [-0.39, 0.29) is 31.1 Å². The van der Waals surface area contributed by atoms with Crippen LogP contribution in [0.2, 0.25) is 5.02 Å². The molecular weight excluding hydrogens is 413 g/mol. The highest BCUT2D eigenvalue weighted by Gasteiger charge is 2.25. The number of nitrogens with one attached hydrogen (secondary N) is 3. The summed E-state index contributed by atoms with van der Waals surface area (Å²) < 4.78 is 24.4. The van der Waals surface area contributed by atoms with Crippen LogP contribution in [0.15, 0.2) is 30.3 Å². The highest BCUT2D eigenvalue weighted by molar-refractivity contribution is 6.34. The lowest BCUT2D eigenvalue weighted by molar-refractivity contribution is -0.0172. The molecule has 1 saturated carbocycles. The highest BCUT2D eigenvalue weighted by Crippen LogP contribution is 2.29. The highest BCUT2D eigenvalue weighted by atomic mass is 35.5. The van der Waals surface area contributed by atoms with Gasteiger partial charge in [0.1, 0.15) is 11.6 Å². The molecule has 1 aliphatic carbocycles. The number of amides is 3. The minimum atomic E-state index is -0.444. The summed E-state index contributed by atoms with van der Waals surface area (Å²) in [5, 5.41) is 8.59. The molecule has 0 atom stereocenters. The molecule has 0 aromatic heterocycles. The van der Waals surface area contributed by atoms with Gasteiger partial charge in [0.05, 0.1) is 17.2 Å². The van der Waals surface area contributed by atoms with Crippen molar-refractivity contribution in [2.75, 3.05) is 18.7 Å². The van der Waals surface area contributed by atoms with E-state index in [0.29, 0.717) is 46.2 Å². The van der Waals surface area contributed by atoms with Crippen molar-refractivity contribution in [3.05, 3.63) is 57.9 Å². The fourth-order valence-electron chi connectivity index (χ4n) is 3.20. The minimum absolute atomic E-state index is 0.118. The molecule has 2 aromatic carbocycles. The first kappa shape index (κ1) is 20.4. The zero-order chi connectivity index (χ0) is 21.1. The number of halogens is 2. The first-order valence-electron chi connectivity index (χ1n) is 9.66. The molecule has 3 amide bonds. The Morgan fingerprint density at radius 1 is 1.20 bits per heavy atom. The molecule has 1 heterocycles. The summed E-state index contributed by atoms with van der Waals surface area (Å²) in [4.78, 5) is 24.5. The first-order valence-corrected chi connectivity index (χ1v) is 10.0. The molecule has 1 aliphatic heterocycles. The largest absolute Gasteiger partial charge is 0.467 e. The lowest BCUT2D eigenvalue weighted by Gasteiger charge is -2.21. The molecule has 3 N–H and O–H groups in total. The molecule has 0 unspecified atom stereocenters. The number of ether oxygens (including phenoxy) is 2. The van der Waals surface area contributed by atoms with Crippen molar-refractivity contribution in [1.82, 2.24) is 10.6 Å². The Morgan fingerprint density at radius 3 is 2.83 bits per heavy atom. The van der Waals surface area contributed by atoms with Gasteiger partial charge in [-0.3, -0.25) is 4.79 Å². The molecule has 9 heteroatoms. The number of anilines is 1. The molecule has 0 bridgehead atoms. The van der Waals surface area contributed by atoms with Crippen LogP contribution in [0.5, 0.6) is 5.75 Å². The van der Waals surface area contributed by atoms with E-state index in [0.717, 1.165) is 12.8 Å². The monoisotopic (exact) mass is 433 g/mol. The molecule has 30 heavy (non-hydrogen) atoms. The van der Waals surface area contributed by atoms with Crippen molar-refractivity contribution in [2.45, 2.75) is 31.9 Å². The van der Waals surface area contributed by atoms with Gasteiger partial charge in [-0.25, -0.2) is 9.18 Å². The molecule has 0 spiro atoms. The van der Waals surface area contributed by atoms with Crippen LogP contribution in [0.3, 0.4) is 0 Å². The molecule has 0 radical (unpaired) electrons. The minimum Gasteiger partial charge on any atom is -0.467 e. The molecule has 1 fully saturated rings. The smallest absolute Gasteiger partial charge is 0.319 e. The van der Waals surface area contributed by atoms with Crippen molar-refractivity contribution in [1.29, 1.82) is 0 Å². The number of hydrogen-bond donors (Lipinski definition) is 3. The van der Waals surface area contributed by atoms with E-state index in [9.17, 15) is 14.0 Å². The van der Waals surface area contributed by atoms with E-state index >= 15 is 0 Å².